The molecule has 1 unspecified atom stereocenters. The molecule has 0 spiro atoms. The Hall–Kier alpha value is -5.24. The maximum atomic E-state index is 13.5. The van der Waals surface area contributed by atoms with Gasteiger partial charge in [-0.25, -0.2) is 14.6 Å². The lowest BCUT2D eigenvalue weighted by molar-refractivity contribution is -0.135. The van der Waals surface area contributed by atoms with Crippen molar-refractivity contribution in [2.24, 2.45) is 5.10 Å². The Labute approximate surface area is 228 Å². The third-order valence-corrected chi connectivity index (χ3v) is 6.96. The molecule has 3 heterocycles. The van der Waals surface area contributed by atoms with Crippen molar-refractivity contribution in [3.63, 3.8) is 0 Å². The summed E-state index contributed by atoms with van der Waals surface area (Å²) in [7, 11) is 0. The van der Waals surface area contributed by atoms with Crippen LogP contribution < -0.4 is 16.0 Å². The van der Waals surface area contributed by atoms with Gasteiger partial charge in [0.25, 0.3) is 5.91 Å². The smallest absolute Gasteiger partial charge is 0.345 e. The van der Waals surface area contributed by atoms with Gasteiger partial charge in [0.05, 0.1) is 17.3 Å². The standard InChI is InChI=1S/C32H24N2O6/c1-3-20-8-10-21(11-9-20)27-17-26(25-15-22-6-4-5-7-28(22)40-32(25)37)33-34(27)30(35)18-38-23-12-13-24-19(2)14-31(36)39-29(24)16-23/h3-16,27H,1,17-18H2,2H3. The van der Waals surface area contributed by atoms with Gasteiger partial charge in [0.2, 0.25) is 0 Å². The zero-order valence-electron chi connectivity index (χ0n) is 21.6. The number of aryl methyl sites for hydroxylation is 1. The van der Waals surface area contributed by atoms with Crippen molar-refractivity contribution in [2.75, 3.05) is 6.61 Å². The van der Waals surface area contributed by atoms with Gasteiger partial charge in [0.15, 0.2) is 6.61 Å². The number of benzene rings is 3. The van der Waals surface area contributed by atoms with Crippen LogP contribution in [-0.2, 0) is 4.79 Å². The highest BCUT2D eigenvalue weighted by Gasteiger charge is 2.34. The topological polar surface area (TPSA) is 102 Å². The molecule has 2 aromatic heterocycles. The van der Waals surface area contributed by atoms with E-state index < -0.39 is 23.2 Å². The van der Waals surface area contributed by atoms with E-state index in [-0.39, 0.29) is 6.61 Å². The number of hydrogen-bond donors (Lipinski definition) is 0. The molecule has 1 amide bonds. The highest BCUT2D eigenvalue weighted by Crippen LogP contribution is 2.33. The maximum Gasteiger partial charge on any atom is 0.345 e. The highest BCUT2D eigenvalue weighted by molar-refractivity contribution is 6.04. The van der Waals surface area contributed by atoms with E-state index in [1.165, 1.54) is 11.1 Å². The number of fused-ring (bicyclic) bond motifs is 2. The summed E-state index contributed by atoms with van der Waals surface area (Å²) >= 11 is 0. The number of hydrazone groups is 1. The van der Waals surface area contributed by atoms with Crippen LogP contribution in [0, 0.1) is 6.92 Å². The Morgan fingerprint density at radius 3 is 2.62 bits per heavy atom. The SMILES string of the molecule is C=Cc1ccc(C2CC(c3cc4ccccc4oc3=O)=NN2C(=O)COc2ccc3c(C)cc(=O)oc3c2)cc1. The molecule has 0 radical (unpaired) electrons. The number of hydrogen-bond acceptors (Lipinski definition) is 7. The summed E-state index contributed by atoms with van der Waals surface area (Å²) in [5.41, 5.74) is 3.22. The Kier molecular flexibility index (Phi) is 6.36. The van der Waals surface area contributed by atoms with Crippen molar-refractivity contribution in [2.45, 2.75) is 19.4 Å². The van der Waals surface area contributed by atoms with Crippen molar-refractivity contribution in [1.29, 1.82) is 0 Å². The summed E-state index contributed by atoms with van der Waals surface area (Å²) in [6.07, 6.45) is 2.06. The molecule has 40 heavy (non-hydrogen) atoms. The van der Waals surface area contributed by atoms with Crippen molar-refractivity contribution in [3.8, 4) is 5.75 Å². The largest absolute Gasteiger partial charge is 0.484 e. The first-order chi connectivity index (χ1) is 19.4. The van der Waals surface area contributed by atoms with Crippen LogP contribution in [0.15, 0.2) is 109 Å². The van der Waals surface area contributed by atoms with E-state index in [2.05, 4.69) is 11.7 Å². The summed E-state index contributed by atoms with van der Waals surface area (Å²) in [4.78, 5) is 38.1. The maximum absolute atomic E-state index is 13.5. The van der Waals surface area contributed by atoms with Crippen LogP contribution in [-0.4, -0.2) is 23.2 Å². The Morgan fingerprint density at radius 2 is 1.82 bits per heavy atom. The summed E-state index contributed by atoms with van der Waals surface area (Å²) < 4.78 is 16.6. The molecule has 8 heteroatoms. The van der Waals surface area contributed by atoms with Gasteiger partial charge in [0.1, 0.15) is 16.9 Å². The third-order valence-electron chi connectivity index (χ3n) is 6.96. The molecule has 198 valence electrons. The highest BCUT2D eigenvalue weighted by atomic mass is 16.5. The number of ether oxygens (including phenoxy) is 1. The Morgan fingerprint density at radius 1 is 1.02 bits per heavy atom. The summed E-state index contributed by atoms with van der Waals surface area (Å²) in [6, 6.07) is 22.7. The van der Waals surface area contributed by atoms with E-state index in [4.69, 9.17) is 13.6 Å². The minimum absolute atomic E-state index is 0.308. The fourth-order valence-corrected chi connectivity index (χ4v) is 4.89. The zero-order valence-corrected chi connectivity index (χ0v) is 21.6. The van der Waals surface area contributed by atoms with E-state index >= 15 is 0 Å². The molecule has 6 rings (SSSR count). The predicted octanol–water partition coefficient (Wildman–Crippen LogP) is 5.61. The third kappa shape index (κ3) is 4.71. The monoisotopic (exact) mass is 532 g/mol. The minimum Gasteiger partial charge on any atom is -0.484 e. The first kappa shape index (κ1) is 25.1. The zero-order chi connectivity index (χ0) is 27.8. The van der Waals surface area contributed by atoms with Crippen LogP contribution in [0.5, 0.6) is 5.75 Å². The first-order valence-corrected chi connectivity index (χ1v) is 12.7. The molecule has 0 saturated carbocycles. The molecular formula is C32H24N2O6. The first-order valence-electron chi connectivity index (χ1n) is 12.7. The van der Waals surface area contributed by atoms with Gasteiger partial charge >= 0.3 is 11.3 Å². The number of rotatable bonds is 6. The second-order valence-electron chi connectivity index (χ2n) is 9.56. The quantitative estimate of drug-likeness (QED) is 0.264. The van der Waals surface area contributed by atoms with Crippen LogP contribution >= 0.6 is 0 Å². The molecule has 1 atom stereocenters. The number of para-hydroxylation sites is 1. The predicted molar refractivity (Wildman–Crippen MR) is 152 cm³/mol. The van der Waals surface area contributed by atoms with Gasteiger partial charge in [-0.2, -0.15) is 5.10 Å². The van der Waals surface area contributed by atoms with Gasteiger partial charge < -0.3 is 13.6 Å². The van der Waals surface area contributed by atoms with Gasteiger partial charge in [0, 0.05) is 29.3 Å². The van der Waals surface area contributed by atoms with Crippen LogP contribution in [0.4, 0.5) is 0 Å². The van der Waals surface area contributed by atoms with Crippen molar-refractivity contribution < 1.29 is 18.4 Å². The van der Waals surface area contributed by atoms with Crippen LogP contribution in [0.3, 0.4) is 0 Å². The molecule has 8 nitrogen and oxygen atoms in total. The number of amides is 1. The molecule has 0 fully saturated rings. The molecule has 1 aliphatic rings. The van der Waals surface area contributed by atoms with E-state index in [1.54, 1.807) is 42.5 Å². The fourth-order valence-electron chi connectivity index (χ4n) is 4.89. The normalized spacial score (nSPS) is 14.9. The van der Waals surface area contributed by atoms with Crippen LogP contribution in [0.2, 0.25) is 0 Å². The summed E-state index contributed by atoms with van der Waals surface area (Å²) in [5.74, 6) is -0.0242. The average molecular weight is 533 g/mol. The Bertz CT molecular complexity index is 1930. The lowest BCUT2D eigenvalue weighted by Gasteiger charge is -2.22. The molecule has 3 aromatic carbocycles. The molecule has 1 aliphatic heterocycles. The average Bonchev–Trinajstić information content (AvgIpc) is 3.40. The van der Waals surface area contributed by atoms with E-state index in [0.29, 0.717) is 34.6 Å². The second kappa shape index (κ2) is 10.1. The molecule has 0 saturated heterocycles. The molecule has 0 N–H and O–H groups in total. The number of carbonyl (C=O) groups is 1. The second-order valence-corrected chi connectivity index (χ2v) is 9.56. The molecular weight excluding hydrogens is 508 g/mol. The Balaban J connectivity index is 1.31. The van der Waals surface area contributed by atoms with E-state index in [1.807, 2.05) is 43.3 Å². The molecule has 0 aliphatic carbocycles. The number of carbonyl (C=O) groups excluding carboxylic acids is 1. The fraction of sp³-hybridized carbons (Fsp3) is 0.125. The van der Waals surface area contributed by atoms with E-state index in [9.17, 15) is 14.4 Å². The van der Waals surface area contributed by atoms with Gasteiger partial charge in [-0.3, -0.25) is 4.79 Å². The van der Waals surface area contributed by atoms with Gasteiger partial charge in [-0.15, -0.1) is 0 Å². The van der Waals surface area contributed by atoms with Crippen LogP contribution in [0.1, 0.15) is 34.7 Å². The van der Waals surface area contributed by atoms with Crippen molar-refractivity contribution in [1.82, 2.24) is 5.01 Å². The summed E-state index contributed by atoms with van der Waals surface area (Å²) in [6.45, 7) is 5.31. The van der Waals surface area contributed by atoms with Gasteiger partial charge in [-0.05, 0) is 47.9 Å². The lowest BCUT2D eigenvalue weighted by atomic mass is 9.97. The van der Waals surface area contributed by atoms with Crippen molar-refractivity contribution in [3.05, 3.63) is 129 Å². The molecule has 5 aromatic rings. The van der Waals surface area contributed by atoms with E-state index in [0.717, 1.165) is 27.5 Å². The molecule has 0 bridgehead atoms. The number of nitrogens with zero attached hydrogens (tertiary/aromatic N) is 2. The van der Waals surface area contributed by atoms with Crippen LogP contribution in [0.25, 0.3) is 28.0 Å². The summed E-state index contributed by atoms with van der Waals surface area (Å²) in [5, 5.41) is 7.50. The van der Waals surface area contributed by atoms with Crippen molar-refractivity contribution >= 4 is 39.6 Å². The minimum atomic E-state index is -0.517. The van der Waals surface area contributed by atoms with Gasteiger partial charge in [-0.1, -0.05) is 55.1 Å². The lowest BCUT2D eigenvalue weighted by Crippen LogP contribution is -2.31.